The first-order chi connectivity index (χ1) is 10.7. The van der Waals surface area contributed by atoms with Gasteiger partial charge >= 0.3 is 0 Å². The Labute approximate surface area is 130 Å². The average molecular weight is 301 g/mol. The van der Waals surface area contributed by atoms with Crippen LogP contribution in [-0.2, 0) is 6.54 Å². The molecule has 6 nitrogen and oxygen atoms in total. The van der Waals surface area contributed by atoms with E-state index in [-0.39, 0.29) is 5.69 Å². The monoisotopic (exact) mass is 301 g/mol. The summed E-state index contributed by atoms with van der Waals surface area (Å²) in [6, 6.07) is 8.02. The summed E-state index contributed by atoms with van der Waals surface area (Å²) in [6.07, 6.45) is 2.27. The Morgan fingerprint density at radius 2 is 1.95 bits per heavy atom. The van der Waals surface area contributed by atoms with Crippen molar-refractivity contribution in [3.05, 3.63) is 35.5 Å². The van der Waals surface area contributed by atoms with Crippen molar-refractivity contribution in [2.75, 3.05) is 13.1 Å². The highest BCUT2D eigenvalue weighted by Gasteiger charge is 2.15. The number of primary amides is 1. The summed E-state index contributed by atoms with van der Waals surface area (Å²) in [7, 11) is 0. The van der Waals surface area contributed by atoms with E-state index in [2.05, 4.69) is 40.2 Å². The molecule has 0 spiro atoms. The second kappa shape index (κ2) is 7.70. The lowest BCUT2D eigenvalue weighted by molar-refractivity contribution is 0.0996. The molecule has 0 atom stereocenters. The molecule has 2 aromatic rings. The van der Waals surface area contributed by atoms with Gasteiger partial charge in [-0.3, -0.25) is 9.69 Å². The number of aromatic nitrogens is 3. The van der Waals surface area contributed by atoms with E-state index in [1.807, 2.05) is 18.2 Å². The SMILES string of the molecule is CCCN(CCC)Cc1cccc(-c2n[nH]nc2C(N)=O)c1. The molecule has 1 amide bonds. The lowest BCUT2D eigenvalue weighted by Crippen LogP contribution is -2.24. The summed E-state index contributed by atoms with van der Waals surface area (Å²) in [6.45, 7) is 7.42. The number of amides is 1. The van der Waals surface area contributed by atoms with Crippen LogP contribution in [-0.4, -0.2) is 39.3 Å². The maximum absolute atomic E-state index is 11.4. The molecule has 0 saturated heterocycles. The molecule has 22 heavy (non-hydrogen) atoms. The minimum atomic E-state index is -0.576. The zero-order valence-corrected chi connectivity index (χ0v) is 13.2. The summed E-state index contributed by atoms with van der Waals surface area (Å²) in [5.41, 5.74) is 8.05. The topological polar surface area (TPSA) is 87.9 Å². The van der Waals surface area contributed by atoms with Crippen molar-refractivity contribution < 1.29 is 4.79 Å². The van der Waals surface area contributed by atoms with E-state index in [9.17, 15) is 4.79 Å². The first-order valence-electron chi connectivity index (χ1n) is 7.68. The summed E-state index contributed by atoms with van der Waals surface area (Å²) < 4.78 is 0. The molecule has 0 aliphatic carbocycles. The summed E-state index contributed by atoms with van der Waals surface area (Å²) >= 11 is 0. The third-order valence-electron chi connectivity index (χ3n) is 3.47. The number of benzene rings is 1. The number of nitrogens with zero attached hydrogens (tertiary/aromatic N) is 3. The van der Waals surface area contributed by atoms with E-state index < -0.39 is 5.91 Å². The summed E-state index contributed by atoms with van der Waals surface area (Å²) in [5, 5.41) is 10.3. The van der Waals surface area contributed by atoms with Gasteiger partial charge in [-0.1, -0.05) is 32.0 Å². The third-order valence-corrected chi connectivity index (χ3v) is 3.47. The number of nitrogens with two attached hydrogens (primary N) is 1. The van der Waals surface area contributed by atoms with Crippen molar-refractivity contribution in [1.82, 2.24) is 20.3 Å². The second-order valence-electron chi connectivity index (χ2n) is 5.36. The fraction of sp³-hybridized carbons (Fsp3) is 0.438. The predicted molar refractivity (Wildman–Crippen MR) is 86.2 cm³/mol. The number of carbonyl (C=O) groups is 1. The molecule has 6 heteroatoms. The number of nitrogens with one attached hydrogen (secondary N) is 1. The lowest BCUT2D eigenvalue weighted by Gasteiger charge is -2.21. The van der Waals surface area contributed by atoms with E-state index in [1.165, 1.54) is 5.56 Å². The molecule has 0 unspecified atom stereocenters. The van der Waals surface area contributed by atoms with Gasteiger partial charge in [0.2, 0.25) is 0 Å². The van der Waals surface area contributed by atoms with Crippen molar-refractivity contribution in [2.24, 2.45) is 5.73 Å². The van der Waals surface area contributed by atoms with E-state index in [0.29, 0.717) is 5.69 Å². The van der Waals surface area contributed by atoms with E-state index in [1.54, 1.807) is 0 Å². The molecule has 0 saturated carbocycles. The molecule has 1 heterocycles. The van der Waals surface area contributed by atoms with Crippen LogP contribution in [0, 0.1) is 0 Å². The van der Waals surface area contributed by atoms with Crippen LogP contribution in [0.15, 0.2) is 24.3 Å². The molecule has 2 rings (SSSR count). The van der Waals surface area contributed by atoms with Crippen molar-refractivity contribution in [2.45, 2.75) is 33.2 Å². The highest BCUT2D eigenvalue weighted by molar-refractivity contribution is 5.96. The highest BCUT2D eigenvalue weighted by atomic mass is 16.1. The number of H-pyrrole nitrogens is 1. The fourth-order valence-electron chi connectivity index (χ4n) is 2.58. The van der Waals surface area contributed by atoms with Crippen LogP contribution in [0.25, 0.3) is 11.3 Å². The van der Waals surface area contributed by atoms with E-state index >= 15 is 0 Å². The Morgan fingerprint density at radius 1 is 1.23 bits per heavy atom. The summed E-state index contributed by atoms with van der Waals surface area (Å²) in [4.78, 5) is 13.8. The molecule has 0 bridgehead atoms. The van der Waals surface area contributed by atoms with Gasteiger partial charge in [0, 0.05) is 12.1 Å². The number of carbonyl (C=O) groups excluding carboxylic acids is 1. The van der Waals surface area contributed by atoms with Gasteiger partial charge in [0.15, 0.2) is 5.69 Å². The quantitative estimate of drug-likeness (QED) is 0.782. The molecule has 3 N–H and O–H groups in total. The van der Waals surface area contributed by atoms with Gasteiger partial charge in [-0.05, 0) is 37.6 Å². The second-order valence-corrected chi connectivity index (χ2v) is 5.36. The smallest absolute Gasteiger partial charge is 0.271 e. The van der Waals surface area contributed by atoms with Gasteiger partial charge in [0.05, 0.1) is 0 Å². The summed E-state index contributed by atoms with van der Waals surface area (Å²) in [5.74, 6) is -0.576. The molecular formula is C16H23N5O. The van der Waals surface area contributed by atoms with Crippen LogP contribution >= 0.6 is 0 Å². The van der Waals surface area contributed by atoms with Crippen LogP contribution in [0.2, 0.25) is 0 Å². The zero-order valence-electron chi connectivity index (χ0n) is 13.2. The first kappa shape index (κ1) is 16.2. The van der Waals surface area contributed by atoms with Gasteiger partial charge in [-0.2, -0.15) is 15.4 Å². The Balaban J connectivity index is 2.22. The largest absolute Gasteiger partial charge is 0.364 e. The normalized spacial score (nSPS) is 11.0. The zero-order chi connectivity index (χ0) is 15.9. The number of hydrogen-bond acceptors (Lipinski definition) is 4. The molecular weight excluding hydrogens is 278 g/mol. The minimum absolute atomic E-state index is 0.177. The number of hydrogen-bond donors (Lipinski definition) is 2. The molecule has 1 aromatic heterocycles. The van der Waals surface area contributed by atoms with Gasteiger partial charge in [0.25, 0.3) is 5.91 Å². The fourth-order valence-corrected chi connectivity index (χ4v) is 2.58. The molecule has 0 aliphatic heterocycles. The molecule has 1 aromatic carbocycles. The number of aromatic amines is 1. The van der Waals surface area contributed by atoms with Gasteiger partial charge in [0.1, 0.15) is 5.69 Å². The van der Waals surface area contributed by atoms with Gasteiger partial charge < -0.3 is 5.73 Å². The van der Waals surface area contributed by atoms with Crippen LogP contribution in [0.1, 0.15) is 42.7 Å². The Kier molecular flexibility index (Phi) is 5.66. The van der Waals surface area contributed by atoms with Crippen LogP contribution < -0.4 is 5.73 Å². The maximum Gasteiger partial charge on any atom is 0.271 e. The van der Waals surface area contributed by atoms with Gasteiger partial charge in [-0.15, -0.1) is 0 Å². The Bertz CT molecular complexity index is 617. The predicted octanol–water partition coefficient (Wildman–Crippen LogP) is 2.19. The van der Waals surface area contributed by atoms with E-state index in [0.717, 1.165) is 38.0 Å². The molecule has 0 fully saturated rings. The Hall–Kier alpha value is -2.21. The minimum Gasteiger partial charge on any atom is -0.364 e. The maximum atomic E-state index is 11.4. The van der Waals surface area contributed by atoms with Crippen LogP contribution in [0.5, 0.6) is 0 Å². The van der Waals surface area contributed by atoms with Gasteiger partial charge in [-0.25, -0.2) is 0 Å². The van der Waals surface area contributed by atoms with Crippen molar-refractivity contribution >= 4 is 5.91 Å². The van der Waals surface area contributed by atoms with Crippen molar-refractivity contribution in [3.63, 3.8) is 0 Å². The molecule has 0 radical (unpaired) electrons. The standard InChI is InChI=1S/C16H23N5O/c1-3-8-21(9-4-2)11-12-6-5-7-13(10-12)14-15(16(17)22)19-20-18-14/h5-7,10H,3-4,8-9,11H2,1-2H3,(H2,17,22)(H,18,19,20). The first-order valence-corrected chi connectivity index (χ1v) is 7.68. The van der Waals surface area contributed by atoms with Crippen LogP contribution in [0.4, 0.5) is 0 Å². The third kappa shape index (κ3) is 3.92. The average Bonchev–Trinajstić information content (AvgIpc) is 2.98. The lowest BCUT2D eigenvalue weighted by atomic mass is 10.1. The molecule has 118 valence electrons. The van der Waals surface area contributed by atoms with Crippen molar-refractivity contribution in [3.8, 4) is 11.3 Å². The molecule has 0 aliphatic rings. The van der Waals surface area contributed by atoms with Crippen LogP contribution in [0.3, 0.4) is 0 Å². The number of rotatable bonds is 8. The van der Waals surface area contributed by atoms with Crippen molar-refractivity contribution in [1.29, 1.82) is 0 Å². The Morgan fingerprint density at radius 3 is 2.59 bits per heavy atom. The highest BCUT2D eigenvalue weighted by Crippen LogP contribution is 2.21. The van der Waals surface area contributed by atoms with E-state index in [4.69, 9.17) is 5.73 Å².